The summed E-state index contributed by atoms with van der Waals surface area (Å²) in [6, 6.07) is 9.02. The van der Waals surface area contributed by atoms with Crippen LogP contribution in [-0.4, -0.2) is 41.0 Å². The second-order valence-electron chi connectivity index (χ2n) is 4.68. The molecule has 0 spiro atoms. The Hall–Kier alpha value is -1.88. The third kappa shape index (κ3) is 5.01. The highest BCUT2D eigenvalue weighted by Gasteiger charge is 2.23. The third-order valence-corrected chi connectivity index (χ3v) is 3.08. The van der Waals surface area contributed by atoms with Crippen LogP contribution in [0.25, 0.3) is 0 Å². The summed E-state index contributed by atoms with van der Waals surface area (Å²) < 4.78 is 0. The number of benzene rings is 1. The molecule has 0 bridgehead atoms. The Balaban J connectivity index is 2.65. The second-order valence-corrected chi connectivity index (χ2v) is 4.68. The van der Waals surface area contributed by atoms with Crippen molar-refractivity contribution in [1.29, 1.82) is 0 Å². The maximum atomic E-state index is 12.0. The summed E-state index contributed by atoms with van der Waals surface area (Å²) in [5, 5.41) is 11.4. The van der Waals surface area contributed by atoms with Crippen LogP contribution in [0.5, 0.6) is 0 Å². The molecule has 1 aromatic carbocycles. The van der Waals surface area contributed by atoms with Crippen molar-refractivity contribution in [2.45, 2.75) is 32.9 Å². The van der Waals surface area contributed by atoms with Gasteiger partial charge in [0.1, 0.15) is 6.04 Å². The topological polar surface area (TPSA) is 69.6 Å². The van der Waals surface area contributed by atoms with Crippen LogP contribution in [0.3, 0.4) is 0 Å². The Morgan fingerprint density at radius 3 is 2.50 bits per heavy atom. The Bertz CT molecular complexity index is 434. The number of amides is 2. The van der Waals surface area contributed by atoms with Gasteiger partial charge >= 0.3 is 0 Å². The molecule has 0 radical (unpaired) electrons. The summed E-state index contributed by atoms with van der Waals surface area (Å²) >= 11 is 0. The highest BCUT2D eigenvalue weighted by molar-refractivity contribution is 5.86. The lowest BCUT2D eigenvalue weighted by Gasteiger charge is -2.27. The maximum Gasteiger partial charge on any atom is 0.242 e. The van der Waals surface area contributed by atoms with Gasteiger partial charge in [-0.3, -0.25) is 9.59 Å². The van der Waals surface area contributed by atoms with Gasteiger partial charge in [-0.1, -0.05) is 30.3 Å². The molecule has 1 atom stereocenters. The Kier molecular flexibility index (Phi) is 6.73. The monoisotopic (exact) mass is 278 g/mol. The van der Waals surface area contributed by atoms with Crippen LogP contribution in [0.4, 0.5) is 0 Å². The fourth-order valence-corrected chi connectivity index (χ4v) is 1.88. The molecule has 0 saturated heterocycles. The predicted octanol–water partition coefficient (Wildman–Crippen LogP) is 0.922. The van der Waals surface area contributed by atoms with Gasteiger partial charge < -0.3 is 15.3 Å². The van der Waals surface area contributed by atoms with Crippen LogP contribution in [0.2, 0.25) is 0 Å². The lowest BCUT2D eigenvalue weighted by Crippen LogP contribution is -2.47. The van der Waals surface area contributed by atoms with E-state index in [-0.39, 0.29) is 18.4 Å². The summed E-state index contributed by atoms with van der Waals surface area (Å²) in [7, 11) is 0. The number of hydrogen-bond donors (Lipinski definition) is 2. The number of nitrogens with zero attached hydrogens (tertiary/aromatic N) is 1. The highest BCUT2D eigenvalue weighted by atomic mass is 16.3. The van der Waals surface area contributed by atoms with Crippen molar-refractivity contribution in [3.8, 4) is 0 Å². The standard InChI is InChI=1S/C15H22N2O3/c1-12(15(20)16-9-6-10-18)17(13(2)19)11-14-7-4-3-5-8-14/h3-5,7-8,12,18H,6,9-11H2,1-2H3,(H,16,20)/t12-/m1/s1. The zero-order valence-electron chi connectivity index (χ0n) is 12.0. The molecule has 110 valence electrons. The van der Waals surface area contributed by atoms with Crippen molar-refractivity contribution >= 4 is 11.8 Å². The van der Waals surface area contributed by atoms with E-state index in [0.29, 0.717) is 19.5 Å². The largest absolute Gasteiger partial charge is 0.396 e. The van der Waals surface area contributed by atoms with Crippen LogP contribution in [0.1, 0.15) is 25.8 Å². The van der Waals surface area contributed by atoms with Gasteiger partial charge in [0.2, 0.25) is 11.8 Å². The zero-order chi connectivity index (χ0) is 15.0. The number of carbonyl (C=O) groups excluding carboxylic acids is 2. The second kappa shape index (κ2) is 8.32. The van der Waals surface area contributed by atoms with E-state index in [2.05, 4.69) is 5.32 Å². The molecule has 0 fully saturated rings. The molecule has 1 rings (SSSR count). The zero-order valence-corrected chi connectivity index (χ0v) is 12.0. The summed E-state index contributed by atoms with van der Waals surface area (Å²) in [5.74, 6) is -0.344. The van der Waals surface area contributed by atoms with Crippen molar-refractivity contribution in [2.24, 2.45) is 0 Å². The molecule has 2 amide bonds. The molecule has 0 aliphatic heterocycles. The minimum atomic E-state index is -0.536. The Morgan fingerprint density at radius 1 is 1.30 bits per heavy atom. The molecule has 0 saturated carbocycles. The first-order chi connectivity index (χ1) is 9.56. The highest BCUT2D eigenvalue weighted by Crippen LogP contribution is 2.09. The van der Waals surface area contributed by atoms with Crippen LogP contribution in [-0.2, 0) is 16.1 Å². The predicted molar refractivity (Wildman–Crippen MR) is 76.8 cm³/mol. The fraction of sp³-hybridized carbons (Fsp3) is 0.467. The minimum absolute atomic E-state index is 0.0368. The number of nitrogens with one attached hydrogen (secondary N) is 1. The number of hydrogen-bond acceptors (Lipinski definition) is 3. The van der Waals surface area contributed by atoms with Crippen molar-refractivity contribution in [1.82, 2.24) is 10.2 Å². The van der Waals surface area contributed by atoms with Gasteiger partial charge in [-0.2, -0.15) is 0 Å². The van der Waals surface area contributed by atoms with Gasteiger partial charge in [0.15, 0.2) is 0 Å². The number of aliphatic hydroxyl groups excluding tert-OH is 1. The van der Waals surface area contributed by atoms with E-state index in [4.69, 9.17) is 5.11 Å². The molecule has 1 aromatic rings. The lowest BCUT2D eigenvalue weighted by atomic mass is 10.1. The van der Waals surface area contributed by atoms with Crippen LogP contribution in [0, 0.1) is 0 Å². The molecule has 0 unspecified atom stereocenters. The van der Waals surface area contributed by atoms with Gasteiger partial charge in [-0.15, -0.1) is 0 Å². The molecule has 5 heteroatoms. The van der Waals surface area contributed by atoms with E-state index in [9.17, 15) is 9.59 Å². The normalized spacial score (nSPS) is 11.8. The molecule has 5 nitrogen and oxygen atoms in total. The summed E-state index contributed by atoms with van der Waals surface area (Å²) in [6.07, 6.45) is 0.511. The first-order valence-corrected chi connectivity index (χ1v) is 6.76. The Labute approximate surface area is 119 Å². The average molecular weight is 278 g/mol. The van der Waals surface area contributed by atoms with Crippen LogP contribution >= 0.6 is 0 Å². The fourth-order valence-electron chi connectivity index (χ4n) is 1.88. The molecule has 0 aliphatic rings. The van der Waals surface area contributed by atoms with Crippen LogP contribution < -0.4 is 5.32 Å². The Morgan fingerprint density at radius 2 is 1.95 bits per heavy atom. The van der Waals surface area contributed by atoms with Crippen molar-refractivity contribution in [3.05, 3.63) is 35.9 Å². The van der Waals surface area contributed by atoms with E-state index in [1.54, 1.807) is 6.92 Å². The van der Waals surface area contributed by atoms with E-state index < -0.39 is 6.04 Å². The molecular formula is C15H22N2O3. The molecule has 0 heterocycles. The summed E-state index contributed by atoms with van der Waals surface area (Å²) in [4.78, 5) is 25.2. The molecular weight excluding hydrogens is 256 g/mol. The first-order valence-electron chi connectivity index (χ1n) is 6.76. The van der Waals surface area contributed by atoms with Crippen LogP contribution in [0.15, 0.2) is 30.3 Å². The molecule has 20 heavy (non-hydrogen) atoms. The van der Waals surface area contributed by atoms with Crippen molar-refractivity contribution in [2.75, 3.05) is 13.2 Å². The summed E-state index contributed by atoms with van der Waals surface area (Å²) in [5.41, 5.74) is 0.984. The number of carbonyl (C=O) groups is 2. The first kappa shape index (κ1) is 16.2. The van der Waals surface area contributed by atoms with E-state index in [1.165, 1.54) is 11.8 Å². The van der Waals surface area contributed by atoms with Crippen molar-refractivity contribution < 1.29 is 14.7 Å². The van der Waals surface area contributed by atoms with E-state index in [0.717, 1.165) is 5.56 Å². The maximum absolute atomic E-state index is 12.0. The quantitative estimate of drug-likeness (QED) is 0.729. The molecule has 0 aromatic heterocycles. The minimum Gasteiger partial charge on any atom is -0.396 e. The molecule has 2 N–H and O–H groups in total. The SMILES string of the molecule is CC(=O)N(Cc1ccccc1)[C@H](C)C(=O)NCCCO. The average Bonchev–Trinajstić information content (AvgIpc) is 2.45. The lowest BCUT2D eigenvalue weighted by molar-refractivity contribution is -0.139. The number of aliphatic hydroxyl groups is 1. The molecule has 0 aliphatic carbocycles. The van der Waals surface area contributed by atoms with Gasteiger partial charge in [0.25, 0.3) is 0 Å². The van der Waals surface area contributed by atoms with Gasteiger partial charge in [0, 0.05) is 26.6 Å². The van der Waals surface area contributed by atoms with Gasteiger partial charge in [0.05, 0.1) is 0 Å². The smallest absolute Gasteiger partial charge is 0.242 e. The van der Waals surface area contributed by atoms with Gasteiger partial charge in [-0.25, -0.2) is 0 Å². The third-order valence-electron chi connectivity index (χ3n) is 3.08. The van der Waals surface area contributed by atoms with Gasteiger partial charge in [-0.05, 0) is 18.9 Å². The van der Waals surface area contributed by atoms with E-state index in [1.807, 2.05) is 30.3 Å². The van der Waals surface area contributed by atoms with E-state index >= 15 is 0 Å². The van der Waals surface area contributed by atoms with Crippen molar-refractivity contribution in [3.63, 3.8) is 0 Å². The number of rotatable bonds is 7. The summed E-state index contributed by atoms with van der Waals surface area (Å²) in [6.45, 7) is 4.02.